The summed E-state index contributed by atoms with van der Waals surface area (Å²) in [5, 5.41) is 10.6. The van der Waals surface area contributed by atoms with Crippen LogP contribution in [0.3, 0.4) is 0 Å². The van der Waals surface area contributed by atoms with Crippen LogP contribution in [-0.4, -0.2) is 17.5 Å². The number of allylic oxidation sites excluding steroid dienone is 4. The Balaban J connectivity index is 2.87. The zero-order valence-corrected chi connectivity index (χ0v) is 13.8. The zero-order chi connectivity index (χ0) is 17.4. The Kier molecular flexibility index (Phi) is 6.93. The largest absolute Gasteiger partial charge is 0.463 e. The van der Waals surface area contributed by atoms with E-state index >= 15 is 0 Å². The van der Waals surface area contributed by atoms with Crippen LogP contribution in [0.2, 0.25) is 0 Å². The summed E-state index contributed by atoms with van der Waals surface area (Å²) in [4.78, 5) is 21.8. The van der Waals surface area contributed by atoms with E-state index in [1.165, 1.54) is 12.1 Å². The van der Waals surface area contributed by atoms with Gasteiger partial charge in [-0.05, 0) is 51.5 Å². The van der Waals surface area contributed by atoms with E-state index in [1.807, 2.05) is 26.0 Å². The lowest BCUT2D eigenvalue weighted by atomic mass is 10.1. The van der Waals surface area contributed by atoms with Gasteiger partial charge in [0.25, 0.3) is 5.69 Å². The van der Waals surface area contributed by atoms with Crippen molar-refractivity contribution in [2.45, 2.75) is 27.7 Å². The highest BCUT2D eigenvalue weighted by Crippen LogP contribution is 2.15. The van der Waals surface area contributed by atoms with E-state index in [1.54, 1.807) is 32.1 Å². The van der Waals surface area contributed by atoms with Crippen molar-refractivity contribution in [1.29, 1.82) is 0 Å². The first-order valence-electron chi connectivity index (χ1n) is 7.30. The molecule has 0 fully saturated rings. The second-order valence-electron chi connectivity index (χ2n) is 5.17. The predicted octanol–water partition coefficient (Wildman–Crippen LogP) is 4.45. The summed E-state index contributed by atoms with van der Waals surface area (Å²) in [5.74, 6) is -0.322. The second-order valence-corrected chi connectivity index (χ2v) is 5.17. The molecular formula is C18H21NO4. The molecule has 0 spiro atoms. The van der Waals surface area contributed by atoms with Crippen molar-refractivity contribution in [2.24, 2.45) is 0 Å². The van der Waals surface area contributed by atoms with Crippen LogP contribution in [0.5, 0.6) is 0 Å². The lowest BCUT2D eigenvalue weighted by Crippen LogP contribution is -2.05. The predicted molar refractivity (Wildman–Crippen MR) is 90.9 cm³/mol. The number of non-ortho nitro benzene ring substituents is 1. The fourth-order valence-corrected chi connectivity index (χ4v) is 2.04. The molecule has 0 saturated carbocycles. The third-order valence-corrected chi connectivity index (χ3v) is 3.00. The van der Waals surface area contributed by atoms with Gasteiger partial charge in [0.2, 0.25) is 0 Å². The number of carbonyl (C=O) groups is 1. The minimum Gasteiger partial charge on any atom is -0.463 e. The molecule has 0 N–H and O–H groups in total. The fraction of sp³-hybridized carbons (Fsp3) is 0.278. The molecule has 0 aliphatic heterocycles. The normalized spacial score (nSPS) is 13.0. The molecule has 0 aliphatic rings. The molecule has 0 heterocycles. The minimum atomic E-state index is -0.423. The molecule has 0 atom stereocenters. The van der Waals surface area contributed by atoms with E-state index in [-0.39, 0.29) is 11.7 Å². The van der Waals surface area contributed by atoms with Crippen LogP contribution in [0, 0.1) is 10.1 Å². The minimum absolute atomic E-state index is 0.0690. The second kappa shape index (κ2) is 8.68. The molecule has 5 heteroatoms. The lowest BCUT2D eigenvalue weighted by molar-refractivity contribution is -0.384. The number of ether oxygens (including phenoxy) is 1. The number of nitrogens with zero attached hydrogens (tertiary/aromatic N) is 1. The Bertz CT molecular complexity index is 667. The van der Waals surface area contributed by atoms with Crippen LogP contribution in [0.4, 0.5) is 5.69 Å². The van der Waals surface area contributed by atoms with Gasteiger partial charge < -0.3 is 4.74 Å². The first-order valence-corrected chi connectivity index (χ1v) is 7.30. The Morgan fingerprint density at radius 1 is 1.13 bits per heavy atom. The van der Waals surface area contributed by atoms with Crippen LogP contribution in [-0.2, 0) is 9.53 Å². The van der Waals surface area contributed by atoms with Crippen molar-refractivity contribution in [3.8, 4) is 0 Å². The smallest absolute Gasteiger partial charge is 0.333 e. The maximum absolute atomic E-state index is 11.6. The summed E-state index contributed by atoms with van der Waals surface area (Å²) in [7, 11) is 0. The molecule has 1 rings (SSSR count). The van der Waals surface area contributed by atoms with E-state index in [2.05, 4.69) is 0 Å². The molecule has 1 aromatic carbocycles. The maximum atomic E-state index is 11.6. The van der Waals surface area contributed by atoms with Crippen LogP contribution in [0.1, 0.15) is 33.3 Å². The molecule has 0 aliphatic carbocycles. The number of nitro groups is 1. The number of nitro benzene ring substituents is 1. The topological polar surface area (TPSA) is 69.4 Å². The molecule has 0 amide bonds. The molecule has 122 valence electrons. The standard InChI is InChI=1S/C18H21NO4/c1-5-23-18(20)15(4)11-13(2)10-14(3)12-16-6-8-17(9-7-16)19(21)22/h6-12H,5H2,1-4H3/b13-10-,14-12+,15-11+. The maximum Gasteiger partial charge on any atom is 0.333 e. The molecule has 0 bridgehead atoms. The van der Waals surface area contributed by atoms with Crippen LogP contribution in [0.25, 0.3) is 6.08 Å². The summed E-state index contributed by atoms with van der Waals surface area (Å²) in [5.41, 5.74) is 3.39. The number of hydrogen-bond acceptors (Lipinski definition) is 4. The molecule has 0 saturated heterocycles. The molecule has 23 heavy (non-hydrogen) atoms. The molecule has 1 aromatic rings. The van der Waals surface area contributed by atoms with E-state index in [0.29, 0.717) is 12.2 Å². The summed E-state index contributed by atoms with van der Waals surface area (Å²) >= 11 is 0. The molecule has 0 unspecified atom stereocenters. The van der Waals surface area contributed by atoms with Crippen LogP contribution in [0.15, 0.2) is 53.1 Å². The first kappa shape index (κ1) is 18.4. The number of rotatable bonds is 6. The van der Waals surface area contributed by atoms with Crippen molar-refractivity contribution in [1.82, 2.24) is 0 Å². The SMILES string of the molecule is CCOC(=O)/C(C)=C/C(C)=C\C(C)=C\c1ccc([N+](=O)[O-])cc1. The zero-order valence-electron chi connectivity index (χ0n) is 13.8. The summed E-state index contributed by atoms with van der Waals surface area (Å²) in [6.45, 7) is 7.66. The van der Waals surface area contributed by atoms with Crippen molar-refractivity contribution < 1.29 is 14.5 Å². The number of carbonyl (C=O) groups excluding carboxylic acids is 1. The monoisotopic (exact) mass is 315 g/mol. The van der Waals surface area contributed by atoms with Gasteiger partial charge in [0.15, 0.2) is 0 Å². The highest BCUT2D eigenvalue weighted by Gasteiger charge is 2.04. The van der Waals surface area contributed by atoms with Crippen molar-refractivity contribution >= 4 is 17.7 Å². The Morgan fingerprint density at radius 3 is 2.26 bits per heavy atom. The van der Waals surface area contributed by atoms with Crippen molar-refractivity contribution in [3.63, 3.8) is 0 Å². The van der Waals surface area contributed by atoms with Gasteiger partial charge in [0.05, 0.1) is 11.5 Å². The average Bonchev–Trinajstić information content (AvgIpc) is 2.47. The quantitative estimate of drug-likeness (QED) is 0.255. The van der Waals surface area contributed by atoms with Crippen LogP contribution < -0.4 is 0 Å². The third kappa shape index (κ3) is 6.30. The van der Waals surface area contributed by atoms with E-state index in [4.69, 9.17) is 4.74 Å². The summed E-state index contributed by atoms with van der Waals surface area (Å²) in [6.07, 6.45) is 5.62. The fourth-order valence-electron chi connectivity index (χ4n) is 2.04. The molecule has 0 radical (unpaired) electrons. The van der Waals surface area contributed by atoms with E-state index in [9.17, 15) is 14.9 Å². The van der Waals surface area contributed by atoms with Gasteiger partial charge in [-0.1, -0.05) is 23.3 Å². The summed E-state index contributed by atoms with van der Waals surface area (Å²) < 4.78 is 4.93. The van der Waals surface area contributed by atoms with Gasteiger partial charge in [0, 0.05) is 17.7 Å². The number of esters is 1. The van der Waals surface area contributed by atoms with Gasteiger partial charge in [-0.3, -0.25) is 10.1 Å². The number of benzene rings is 1. The highest BCUT2D eigenvalue weighted by atomic mass is 16.6. The third-order valence-electron chi connectivity index (χ3n) is 3.00. The van der Waals surface area contributed by atoms with Gasteiger partial charge in [-0.2, -0.15) is 0 Å². The number of hydrogen-bond donors (Lipinski definition) is 0. The molecule has 0 aromatic heterocycles. The molecular weight excluding hydrogens is 294 g/mol. The lowest BCUT2D eigenvalue weighted by Gasteiger charge is -2.02. The van der Waals surface area contributed by atoms with E-state index < -0.39 is 4.92 Å². The Labute approximate surface area is 136 Å². The highest BCUT2D eigenvalue weighted by molar-refractivity contribution is 5.88. The molecule has 5 nitrogen and oxygen atoms in total. The Hall–Kier alpha value is -2.69. The van der Waals surface area contributed by atoms with Crippen molar-refractivity contribution in [2.75, 3.05) is 6.61 Å². The average molecular weight is 315 g/mol. The van der Waals surface area contributed by atoms with Gasteiger partial charge in [-0.25, -0.2) is 4.79 Å². The van der Waals surface area contributed by atoms with E-state index in [0.717, 1.165) is 16.7 Å². The summed E-state index contributed by atoms with van der Waals surface area (Å²) in [6, 6.07) is 6.34. The van der Waals surface area contributed by atoms with Gasteiger partial charge in [0.1, 0.15) is 0 Å². The Morgan fingerprint density at radius 2 is 1.74 bits per heavy atom. The van der Waals surface area contributed by atoms with Crippen LogP contribution >= 0.6 is 0 Å². The van der Waals surface area contributed by atoms with Crippen molar-refractivity contribution in [3.05, 3.63) is 68.8 Å². The van der Waals surface area contributed by atoms with Gasteiger partial charge >= 0.3 is 5.97 Å². The van der Waals surface area contributed by atoms with Gasteiger partial charge in [-0.15, -0.1) is 0 Å². The first-order chi connectivity index (χ1) is 10.8.